The normalized spacial score (nSPS) is 11.8. The van der Waals surface area contributed by atoms with E-state index in [0.29, 0.717) is 15.8 Å². The SMILES string of the molecule is Cc1ccc(Nc2nnc(SC(C)C(=O)Nc3ccccc3Cl)s2)cc1. The van der Waals surface area contributed by atoms with Gasteiger partial charge in [0.25, 0.3) is 0 Å². The number of hydrogen-bond acceptors (Lipinski definition) is 6. The van der Waals surface area contributed by atoms with Gasteiger partial charge in [0.2, 0.25) is 11.0 Å². The van der Waals surface area contributed by atoms with Gasteiger partial charge in [-0.3, -0.25) is 4.79 Å². The molecule has 2 N–H and O–H groups in total. The Bertz CT molecular complexity index is 898. The minimum absolute atomic E-state index is 0.133. The van der Waals surface area contributed by atoms with Crippen LogP contribution in [-0.4, -0.2) is 21.4 Å². The van der Waals surface area contributed by atoms with Crippen molar-refractivity contribution in [1.82, 2.24) is 10.2 Å². The first-order chi connectivity index (χ1) is 12.5. The molecule has 3 aromatic rings. The van der Waals surface area contributed by atoms with Crippen LogP contribution in [0.1, 0.15) is 12.5 Å². The molecule has 0 saturated heterocycles. The van der Waals surface area contributed by atoms with E-state index in [1.54, 1.807) is 12.1 Å². The summed E-state index contributed by atoms with van der Waals surface area (Å²) in [5.41, 5.74) is 2.75. The molecule has 26 heavy (non-hydrogen) atoms. The third-order valence-electron chi connectivity index (χ3n) is 3.49. The number of nitrogens with one attached hydrogen (secondary N) is 2. The van der Waals surface area contributed by atoms with Gasteiger partial charge in [-0.05, 0) is 38.1 Å². The highest BCUT2D eigenvalue weighted by Gasteiger charge is 2.18. The molecule has 1 amide bonds. The molecule has 0 bridgehead atoms. The zero-order chi connectivity index (χ0) is 18.5. The molecule has 134 valence electrons. The van der Waals surface area contributed by atoms with Gasteiger partial charge in [-0.15, -0.1) is 10.2 Å². The van der Waals surface area contributed by atoms with E-state index in [1.807, 2.05) is 50.2 Å². The van der Waals surface area contributed by atoms with Crippen LogP contribution in [0.4, 0.5) is 16.5 Å². The number of carbonyl (C=O) groups excluding carboxylic acids is 1. The van der Waals surface area contributed by atoms with Crippen LogP contribution in [0, 0.1) is 6.92 Å². The summed E-state index contributed by atoms with van der Waals surface area (Å²) in [6, 6.07) is 15.2. The fourth-order valence-corrected chi connectivity index (χ4v) is 4.17. The number of rotatable bonds is 6. The van der Waals surface area contributed by atoms with Gasteiger partial charge < -0.3 is 10.6 Å². The molecular formula is C18H17ClN4OS2. The maximum absolute atomic E-state index is 12.3. The summed E-state index contributed by atoms with van der Waals surface area (Å²) in [5, 5.41) is 15.2. The van der Waals surface area contributed by atoms with Crippen molar-refractivity contribution >= 4 is 57.1 Å². The molecule has 3 rings (SSSR count). The van der Waals surface area contributed by atoms with Crippen molar-refractivity contribution in [2.75, 3.05) is 10.6 Å². The van der Waals surface area contributed by atoms with Crippen LogP contribution in [0.15, 0.2) is 52.9 Å². The van der Waals surface area contributed by atoms with Crippen molar-refractivity contribution in [3.8, 4) is 0 Å². The van der Waals surface area contributed by atoms with Gasteiger partial charge in [0.15, 0.2) is 4.34 Å². The van der Waals surface area contributed by atoms with Gasteiger partial charge in [-0.1, -0.05) is 64.5 Å². The molecular weight excluding hydrogens is 388 g/mol. The highest BCUT2D eigenvalue weighted by molar-refractivity contribution is 8.02. The average molecular weight is 405 g/mol. The first kappa shape index (κ1) is 18.7. The fraction of sp³-hybridized carbons (Fsp3) is 0.167. The first-order valence-corrected chi connectivity index (χ1v) is 9.98. The van der Waals surface area contributed by atoms with E-state index in [9.17, 15) is 4.79 Å². The monoisotopic (exact) mass is 404 g/mol. The molecule has 0 aliphatic rings. The number of aryl methyl sites for hydroxylation is 1. The van der Waals surface area contributed by atoms with Crippen molar-refractivity contribution in [3.05, 3.63) is 59.1 Å². The molecule has 1 unspecified atom stereocenters. The van der Waals surface area contributed by atoms with Crippen LogP contribution in [0.3, 0.4) is 0 Å². The molecule has 0 aliphatic carbocycles. The average Bonchev–Trinajstić information content (AvgIpc) is 3.06. The minimum atomic E-state index is -0.327. The van der Waals surface area contributed by atoms with Crippen molar-refractivity contribution in [3.63, 3.8) is 0 Å². The van der Waals surface area contributed by atoms with E-state index >= 15 is 0 Å². The zero-order valence-electron chi connectivity index (χ0n) is 14.2. The zero-order valence-corrected chi connectivity index (χ0v) is 16.6. The number of thioether (sulfide) groups is 1. The number of amides is 1. The molecule has 1 aromatic heterocycles. The number of halogens is 1. The molecule has 5 nitrogen and oxygen atoms in total. The molecule has 2 aromatic carbocycles. The molecule has 0 aliphatic heterocycles. The van der Waals surface area contributed by atoms with Crippen molar-refractivity contribution in [2.24, 2.45) is 0 Å². The Morgan fingerprint density at radius 3 is 2.62 bits per heavy atom. The largest absolute Gasteiger partial charge is 0.330 e. The fourth-order valence-electron chi connectivity index (χ4n) is 2.07. The Hall–Kier alpha value is -2.09. The summed E-state index contributed by atoms with van der Waals surface area (Å²) in [6.45, 7) is 3.86. The lowest BCUT2D eigenvalue weighted by Crippen LogP contribution is -2.22. The third-order valence-corrected chi connectivity index (χ3v) is 5.84. The van der Waals surface area contributed by atoms with Crippen LogP contribution in [0.5, 0.6) is 0 Å². The second kappa shape index (κ2) is 8.53. The van der Waals surface area contributed by atoms with Gasteiger partial charge in [-0.25, -0.2) is 0 Å². The highest BCUT2D eigenvalue weighted by Crippen LogP contribution is 2.31. The predicted molar refractivity (Wildman–Crippen MR) is 110 cm³/mol. The molecule has 0 fully saturated rings. The van der Waals surface area contributed by atoms with Crippen molar-refractivity contribution in [1.29, 1.82) is 0 Å². The number of para-hydroxylation sites is 1. The molecule has 0 saturated carbocycles. The van der Waals surface area contributed by atoms with Gasteiger partial charge in [-0.2, -0.15) is 0 Å². The minimum Gasteiger partial charge on any atom is -0.330 e. The van der Waals surface area contributed by atoms with Crippen LogP contribution in [0.25, 0.3) is 0 Å². The van der Waals surface area contributed by atoms with Crippen LogP contribution in [-0.2, 0) is 4.79 Å². The second-order valence-electron chi connectivity index (χ2n) is 5.59. The van der Waals surface area contributed by atoms with E-state index in [2.05, 4.69) is 20.8 Å². The Kier molecular flexibility index (Phi) is 6.13. The lowest BCUT2D eigenvalue weighted by molar-refractivity contribution is -0.115. The molecule has 0 radical (unpaired) electrons. The Labute approximate surface area is 165 Å². The van der Waals surface area contributed by atoms with E-state index in [1.165, 1.54) is 28.7 Å². The van der Waals surface area contributed by atoms with E-state index in [0.717, 1.165) is 10.0 Å². The lowest BCUT2D eigenvalue weighted by atomic mass is 10.2. The summed E-state index contributed by atoms with van der Waals surface area (Å²) in [6.07, 6.45) is 0. The Morgan fingerprint density at radius 2 is 1.88 bits per heavy atom. The summed E-state index contributed by atoms with van der Waals surface area (Å²) >= 11 is 8.84. The summed E-state index contributed by atoms with van der Waals surface area (Å²) in [7, 11) is 0. The summed E-state index contributed by atoms with van der Waals surface area (Å²) in [5.74, 6) is -0.133. The predicted octanol–water partition coefficient (Wildman–Crippen LogP) is 5.36. The molecule has 1 atom stereocenters. The number of nitrogens with zero attached hydrogens (tertiary/aromatic N) is 2. The third kappa shape index (κ3) is 4.97. The lowest BCUT2D eigenvalue weighted by Gasteiger charge is -2.11. The van der Waals surface area contributed by atoms with Crippen molar-refractivity contribution < 1.29 is 4.79 Å². The van der Waals surface area contributed by atoms with Gasteiger partial charge in [0.1, 0.15) is 0 Å². The summed E-state index contributed by atoms with van der Waals surface area (Å²) in [4.78, 5) is 12.3. The summed E-state index contributed by atoms with van der Waals surface area (Å²) < 4.78 is 0.724. The number of hydrogen-bond donors (Lipinski definition) is 2. The van der Waals surface area contributed by atoms with Gasteiger partial charge >= 0.3 is 0 Å². The van der Waals surface area contributed by atoms with Gasteiger partial charge in [0, 0.05) is 5.69 Å². The highest BCUT2D eigenvalue weighted by atomic mass is 35.5. The quantitative estimate of drug-likeness (QED) is 0.541. The van der Waals surface area contributed by atoms with E-state index < -0.39 is 0 Å². The van der Waals surface area contributed by atoms with E-state index in [-0.39, 0.29) is 11.2 Å². The van der Waals surface area contributed by atoms with Crippen LogP contribution < -0.4 is 10.6 Å². The maximum Gasteiger partial charge on any atom is 0.237 e. The molecule has 8 heteroatoms. The number of benzene rings is 2. The molecule has 0 spiro atoms. The smallest absolute Gasteiger partial charge is 0.237 e. The molecule has 1 heterocycles. The maximum atomic E-state index is 12.3. The standard InChI is InChI=1S/C18H17ClN4OS2/c1-11-7-9-13(10-8-11)20-17-22-23-18(26-17)25-12(2)16(24)21-15-6-4-3-5-14(15)19/h3-10,12H,1-2H3,(H,20,22)(H,21,24). The number of anilines is 3. The second-order valence-corrected chi connectivity index (χ2v) is 8.57. The van der Waals surface area contributed by atoms with Crippen LogP contribution in [0.2, 0.25) is 5.02 Å². The first-order valence-electron chi connectivity index (χ1n) is 7.90. The number of aromatic nitrogens is 2. The van der Waals surface area contributed by atoms with Gasteiger partial charge in [0.05, 0.1) is 16.0 Å². The topological polar surface area (TPSA) is 66.9 Å². The Balaban J connectivity index is 1.58. The van der Waals surface area contributed by atoms with Crippen LogP contribution >= 0.6 is 34.7 Å². The van der Waals surface area contributed by atoms with E-state index in [4.69, 9.17) is 11.6 Å². The Morgan fingerprint density at radius 1 is 1.15 bits per heavy atom. The number of carbonyl (C=O) groups is 1. The van der Waals surface area contributed by atoms with Crippen molar-refractivity contribution in [2.45, 2.75) is 23.4 Å².